The van der Waals surface area contributed by atoms with Crippen LogP contribution in [-0.4, -0.2) is 4.98 Å². The van der Waals surface area contributed by atoms with E-state index in [4.69, 9.17) is 34.8 Å². The number of hydrogen-bond donors (Lipinski definition) is 1. The molecule has 1 aromatic carbocycles. The van der Waals surface area contributed by atoms with Crippen molar-refractivity contribution < 1.29 is 0 Å². The zero-order valence-corrected chi connectivity index (χ0v) is 12.2. The minimum atomic E-state index is 0.555. The first kappa shape index (κ1) is 13.0. The molecule has 0 saturated heterocycles. The van der Waals surface area contributed by atoms with Crippen LogP contribution in [0.1, 0.15) is 0 Å². The standard InChI is InChI=1S/C11H6BrCl3N2/c12-8-3-7(14)5-16-11(8)17-10-4-6(13)1-2-9(10)15/h1-5H,(H,16,17). The molecule has 2 nitrogen and oxygen atoms in total. The van der Waals surface area contributed by atoms with Gasteiger partial charge in [-0.05, 0) is 40.2 Å². The first-order valence-electron chi connectivity index (χ1n) is 4.59. The third-order valence-corrected chi connectivity index (χ3v) is 3.37. The van der Waals surface area contributed by atoms with Crippen molar-refractivity contribution in [3.63, 3.8) is 0 Å². The summed E-state index contributed by atoms with van der Waals surface area (Å²) in [7, 11) is 0. The van der Waals surface area contributed by atoms with Crippen LogP contribution in [0.15, 0.2) is 34.9 Å². The molecule has 6 heteroatoms. The summed E-state index contributed by atoms with van der Waals surface area (Å²) in [4.78, 5) is 4.15. The first-order chi connectivity index (χ1) is 8.06. The van der Waals surface area contributed by atoms with E-state index < -0.39 is 0 Å². The largest absolute Gasteiger partial charge is 0.338 e. The predicted molar refractivity (Wildman–Crippen MR) is 76.7 cm³/mol. The minimum absolute atomic E-state index is 0.555. The van der Waals surface area contributed by atoms with E-state index in [1.807, 2.05) is 0 Å². The quantitative estimate of drug-likeness (QED) is 0.767. The minimum Gasteiger partial charge on any atom is -0.338 e. The van der Waals surface area contributed by atoms with Crippen LogP contribution in [-0.2, 0) is 0 Å². The van der Waals surface area contributed by atoms with Gasteiger partial charge in [0.2, 0.25) is 0 Å². The number of rotatable bonds is 2. The van der Waals surface area contributed by atoms with Gasteiger partial charge in [-0.15, -0.1) is 0 Å². The highest BCUT2D eigenvalue weighted by Crippen LogP contribution is 2.31. The maximum absolute atomic E-state index is 6.04. The number of pyridine rings is 1. The van der Waals surface area contributed by atoms with Crippen molar-refractivity contribution >= 4 is 62.2 Å². The lowest BCUT2D eigenvalue weighted by molar-refractivity contribution is 1.29. The van der Waals surface area contributed by atoms with Crippen LogP contribution in [0, 0.1) is 0 Å². The number of halogens is 4. The molecule has 0 bridgehead atoms. The Morgan fingerprint density at radius 1 is 1.06 bits per heavy atom. The Hall–Kier alpha value is -0.480. The molecule has 1 heterocycles. The fourth-order valence-electron chi connectivity index (χ4n) is 1.23. The van der Waals surface area contributed by atoms with Gasteiger partial charge in [-0.3, -0.25) is 0 Å². The van der Waals surface area contributed by atoms with Crippen LogP contribution in [0.2, 0.25) is 15.1 Å². The Morgan fingerprint density at radius 2 is 1.82 bits per heavy atom. The summed E-state index contributed by atoms with van der Waals surface area (Å²) in [6, 6.07) is 6.91. The molecule has 2 rings (SSSR count). The maximum atomic E-state index is 6.04. The molecule has 0 unspecified atom stereocenters. The summed E-state index contributed by atoms with van der Waals surface area (Å²) in [6.07, 6.45) is 1.55. The predicted octanol–water partition coefficient (Wildman–Crippen LogP) is 5.55. The van der Waals surface area contributed by atoms with Crippen LogP contribution in [0.4, 0.5) is 11.5 Å². The lowest BCUT2D eigenvalue weighted by atomic mass is 10.3. The summed E-state index contributed by atoms with van der Waals surface area (Å²) in [5, 5.41) is 4.80. The fraction of sp³-hybridized carbons (Fsp3) is 0. The molecule has 0 aliphatic carbocycles. The van der Waals surface area contributed by atoms with Gasteiger partial charge in [-0.2, -0.15) is 0 Å². The van der Waals surface area contributed by atoms with E-state index in [-0.39, 0.29) is 0 Å². The van der Waals surface area contributed by atoms with Gasteiger partial charge in [0, 0.05) is 11.2 Å². The SMILES string of the molecule is Clc1cnc(Nc2cc(Cl)ccc2Cl)c(Br)c1. The molecule has 0 aliphatic heterocycles. The number of aromatic nitrogens is 1. The smallest absolute Gasteiger partial charge is 0.144 e. The number of nitrogens with one attached hydrogen (secondary N) is 1. The van der Waals surface area contributed by atoms with Crippen LogP contribution >= 0.6 is 50.7 Å². The van der Waals surface area contributed by atoms with Crippen LogP contribution < -0.4 is 5.32 Å². The Bertz CT molecular complexity index is 560. The molecule has 0 aliphatic rings. The van der Waals surface area contributed by atoms with Crippen molar-refractivity contribution in [2.75, 3.05) is 5.32 Å². The van der Waals surface area contributed by atoms with E-state index in [2.05, 4.69) is 26.2 Å². The van der Waals surface area contributed by atoms with E-state index >= 15 is 0 Å². The molecule has 0 fully saturated rings. The molecular formula is C11H6BrCl3N2. The Morgan fingerprint density at radius 3 is 2.53 bits per heavy atom. The average Bonchev–Trinajstić information content (AvgIpc) is 2.27. The zero-order valence-electron chi connectivity index (χ0n) is 8.35. The van der Waals surface area contributed by atoms with Crippen molar-refractivity contribution in [3.8, 4) is 0 Å². The third kappa shape index (κ3) is 3.26. The maximum Gasteiger partial charge on any atom is 0.144 e. The molecule has 0 radical (unpaired) electrons. The average molecular weight is 352 g/mol. The summed E-state index contributed by atoms with van der Waals surface area (Å²) in [6.45, 7) is 0. The molecule has 2 aromatic rings. The third-order valence-electron chi connectivity index (χ3n) is 1.99. The second-order valence-corrected chi connectivity index (χ2v) is 5.37. The van der Waals surface area contributed by atoms with E-state index in [0.29, 0.717) is 26.6 Å². The van der Waals surface area contributed by atoms with Crippen LogP contribution in [0.3, 0.4) is 0 Å². The molecule has 17 heavy (non-hydrogen) atoms. The van der Waals surface area contributed by atoms with Crippen molar-refractivity contribution in [1.29, 1.82) is 0 Å². The molecule has 1 aromatic heterocycles. The van der Waals surface area contributed by atoms with Gasteiger partial charge in [0.25, 0.3) is 0 Å². The van der Waals surface area contributed by atoms with Crippen LogP contribution in [0.5, 0.6) is 0 Å². The summed E-state index contributed by atoms with van der Waals surface area (Å²) >= 11 is 21.1. The van der Waals surface area contributed by atoms with E-state index in [0.717, 1.165) is 4.47 Å². The second-order valence-electron chi connectivity index (χ2n) is 3.23. The first-order valence-corrected chi connectivity index (χ1v) is 6.52. The van der Waals surface area contributed by atoms with Gasteiger partial charge in [-0.1, -0.05) is 34.8 Å². The fourth-order valence-corrected chi connectivity index (χ4v) is 2.30. The number of nitrogens with zero attached hydrogens (tertiary/aromatic N) is 1. The molecule has 0 saturated carbocycles. The van der Waals surface area contributed by atoms with Gasteiger partial charge in [-0.25, -0.2) is 4.98 Å². The normalized spacial score (nSPS) is 10.4. The second kappa shape index (κ2) is 5.44. The topological polar surface area (TPSA) is 24.9 Å². The van der Waals surface area contributed by atoms with Crippen LogP contribution in [0.25, 0.3) is 0 Å². The van der Waals surface area contributed by atoms with E-state index in [9.17, 15) is 0 Å². The van der Waals surface area contributed by atoms with Gasteiger partial charge in [0.15, 0.2) is 0 Å². The summed E-state index contributed by atoms with van der Waals surface area (Å²) in [5.74, 6) is 0.624. The van der Waals surface area contributed by atoms with E-state index in [1.165, 1.54) is 0 Å². The number of hydrogen-bond acceptors (Lipinski definition) is 2. The molecule has 0 atom stereocenters. The Labute approximate surface area is 122 Å². The Balaban J connectivity index is 2.34. The summed E-state index contributed by atoms with van der Waals surface area (Å²) < 4.78 is 0.751. The molecule has 0 amide bonds. The molecular weight excluding hydrogens is 346 g/mol. The molecule has 88 valence electrons. The van der Waals surface area contributed by atoms with Gasteiger partial charge in [0.1, 0.15) is 5.82 Å². The highest BCUT2D eigenvalue weighted by atomic mass is 79.9. The molecule has 0 spiro atoms. The van der Waals surface area contributed by atoms with Crippen molar-refractivity contribution in [2.45, 2.75) is 0 Å². The summed E-state index contributed by atoms with van der Waals surface area (Å²) in [5.41, 5.74) is 0.690. The Kier molecular flexibility index (Phi) is 4.15. The molecule has 1 N–H and O–H groups in total. The lowest BCUT2D eigenvalue weighted by Gasteiger charge is -2.09. The number of benzene rings is 1. The van der Waals surface area contributed by atoms with Crippen molar-refractivity contribution in [2.24, 2.45) is 0 Å². The lowest BCUT2D eigenvalue weighted by Crippen LogP contribution is -1.95. The van der Waals surface area contributed by atoms with Crippen molar-refractivity contribution in [3.05, 3.63) is 50.0 Å². The van der Waals surface area contributed by atoms with Gasteiger partial charge in [0.05, 0.1) is 20.2 Å². The highest BCUT2D eigenvalue weighted by Gasteiger charge is 2.06. The van der Waals surface area contributed by atoms with E-state index in [1.54, 1.807) is 30.5 Å². The van der Waals surface area contributed by atoms with Gasteiger partial charge >= 0.3 is 0 Å². The monoisotopic (exact) mass is 350 g/mol. The number of anilines is 2. The van der Waals surface area contributed by atoms with Crippen molar-refractivity contribution in [1.82, 2.24) is 4.98 Å². The highest BCUT2D eigenvalue weighted by molar-refractivity contribution is 9.10. The van der Waals surface area contributed by atoms with Gasteiger partial charge < -0.3 is 5.32 Å². The zero-order chi connectivity index (χ0) is 12.4.